The van der Waals surface area contributed by atoms with Gasteiger partial charge >= 0.3 is 0 Å². The maximum atomic E-state index is 10.5. The minimum Gasteiger partial charge on any atom is -0.387 e. The van der Waals surface area contributed by atoms with Gasteiger partial charge in [0.05, 0.1) is 0 Å². The quantitative estimate of drug-likeness (QED) is 0.602. The van der Waals surface area contributed by atoms with Crippen molar-refractivity contribution in [1.29, 1.82) is 0 Å². The molecule has 0 aliphatic carbocycles. The van der Waals surface area contributed by atoms with Crippen molar-refractivity contribution in [3.05, 3.63) is 64.2 Å². The van der Waals surface area contributed by atoms with Crippen LogP contribution in [0.15, 0.2) is 36.4 Å². The molecule has 4 rings (SSSR count). The summed E-state index contributed by atoms with van der Waals surface area (Å²) >= 11 is 0. The molecule has 2 aliphatic heterocycles. The lowest BCUT2D eigenvalue weighted by molar-refractivity contribution is -0.292. The van der Waals surface area contributed by atoms with E-state index in [1.54, 1.807) is 0 Å². The van der Waals surface area contributed by atoms with Gasteiger partial charge in [0.25, 0.3) is 0 Å². The standard InChI is InChI=1S/C24H31NO5/c1-3-15-7-8-17(23-21(27)20(26)22(28)24(29-2)30-23)13-18(15)12-14-6-9-19-16(11-14)5-4-10-25-19/h6-9,11,13,20-28H,3-5,10,12H2,1-2H3/t20-,21-,22+,23+,24+/m1/s1. The van der Waals surface area contributed by atoms with E-state index in [0.29, 0.717) is 0 Å². The summed E-state index contributed by atoms with van der Waals surface area (Å²) in [5.41, 5.74) is 7.01. The normalized spacial score (nSPS) is 28.6. The molecular formula is C24H31NO5. The summed E-state index contributed by atoms with van der Waals surface area (Å²) in [5.74, 6) is 0. The molecule has 0 amide bonds. The number of aliphatic hydroxyl groups excluding tert-OH is 3. The van der Waals surface area contributed by atoms with Crippen molar-refractivity contribution >= 4 is 5.69 Å². The Morgan fingerprint density at radius 2 is 1.87 bits per heavy atom. The lowest BCUT2D eigenvalue weighted by Crippen LogP contribution is -2.54. The van der Waals surface area contributed by atoms with Gasteiger partial charge in [0.1, 0.15) is 24.4 Å². The number of ether oxygens (including phenoxy) is 2. The van der Waals surface area contributed by atoms with Crippen LogP contribution in [-0.2, 0) is 28.7 Å². The maximum Gasteiger partial charge on any atom is 0.186 e. The first-order valence-corrected chi connectivity index (χ1v) is 10.7. The predicted octanol–water partition coefficient (Wildman–Crippen LogP) is 2.32. The molecule has 2 aliphatic rings. The fourth-order valence-corrected chi connectivity index (χ4v) is 4.51. The van der Waals surface area contributed by atoms with Gasteiger partial charge < -0.3 is 30.1 Å². The zero-order valence-electron chi connectivity index (χ0n) is 17.5. The van der Waals surface area contributed by atoms with E-state index < -0.39 is 30.7 Å². The Kier molecular flexibility index (Phi) is 6.41. The Morgan fingerprint density at radius 1 is 1.03 bits per heavy atom. The molecule has 0 radical (unpaired) electrons. The maximum absolute atomic E-state index is 10.5. The summed E-state index contributed by atoms with van der Waals surface area (Å²) in [6, 6.07) is 12.6. The Hall–Kier alpha value is -1.96. The van der Waals surface area contributed by atoms with Gasteiger partial charge in [-0.25, -0.2) is 0 Å². The van der Waals surface area contributed by atoms with Crippen molar-refractivity contribution in [3.63, 3.8) is 0 Å². The third-order valence-corrected chi connectivity index (χ3v) is 6.24. The lowest BCUT2D eigenvalue weighted by Gasteiger charge is -2.40. The Bertz CT molecular complexity index is 884. The molecule has 5 atom stereocenters. The molecule has 0 saturated carbocycles. The number of hydrogen-bond acceptors (Lipinski definition) is 6. The van der Waals surface area contributed by atoms with Gasteiger partial charge in [0.15, 0.2) is 6.29 Å². The Labute approximate surface area is 177 Å². The van der Waals surface area contributed by atoms with Crippen LogP contribution in [0.25, 0.3) is 0 Å². The van der Waals surface area contributed by atoms with Gasteiger partial charge in [-0.2, -0.15) is 0 Å². The first-order chi connectivity index (χ1) is 14.5. The van der Waals surface area contributed by atoms with Crippen molar-refractivity contribution in [2.45, 2.75) is 63.3 Å². The average molecular weight is 414 g/mol. The van der Waals surface area contributed by atoms with Gasteiger partial charge in [0, 0.05) is 19.3 Å². The van der Waals surface area contributed by atoms with Crippen molar-refractivity contribution in [1.82, 2.24) is 0 Å². The molecule has 6 nitrogen and oxygen atoms in total. The molecule has 1 fully saturated rings. The number of rotatable bonds is 5. The fourth-order valence-electron chi connectivity index (χ4n) is 4.51. The van der Waals surface area contributed by atoms with Gasteiger partial charge in [-0.3, -0.25) is 0 Å². The van der Waals surface area contributed by atoms with Crippen molar-refractivity contribution in [2.24, 2.45) is 0 Å². The van der Waals surface area contributed by atoms with Crippen LogP contribution in [0.5, 0.6) is 0 Å². The summed E-state index contributed by atoms with van der Waals surface area (Å²) in [5, 5.41) is 34.2. The highest BCUT2D eigenvalue weighted by atomic mass is 16.7. The molecule has 0 aromatic heterocycles. The van der Waals surface area contributed by atoms with Crippen LogP contribution in [0.1, 0.15) is 47.3 Å². The highest BCUT2D eigenvalue weighted by Crippen LogP contribution is 2.34. The highest BCUT2D eigenvalue weighted by molar-refractivity contribution is 5.55. The molecule has 0 bridgehead atoms. The van der Waals surface area contributed by atoms with Gasteiger partial charge in [-0.1, -0.05) is 37.3 Å². The van der Waals surface area contributed by atoms with Gasteiger partial charge in [-0.05, 0) is 59.6 Å². The van der Waals surface area contributed by atoms with Crippen LogP contribution in [0.4, 0.5) is 5.69 Å². The van der Waals surface area contributed by atoms with E-state index in [1.807, 2.05) is 12.1 Å². The lowest BCUT2D eigenvalue weighted by atomic mass is 9.89. The van der Waals surface area contributed by atoms with E-state index in [4.69, 9.17) is 9.47 Å². The van der Waals surface area contributed by atoms with Crippen LogP contribution < -0.4 is 5.32 Å². The number of benzene rings is 2. The molecule has 2 heterocycles. The SMILES string of the molecule is CCc1ccc([C@@H]2O[C@H](OC)[C@@H](O)[C@H](O)[C@H]2O)cc1Cc1ccc2c(c1)CCCN2. The molecule has 2 aromatic carbocycles. The summed E-state index contributed by atoms with van der Waals surface area (Å²) in [7, 11) is 1.41. The summed E-state index contributed by atoms with van der Waals surface area (Å²) in [6.07, 6.45) is -1.70. The van der Waals surface area contributed by atoms with Crippen LogP contribution >= 0.6 is 0 Å². The number of hydrogen-bond donors (Lipinski definition) is 4. The second kappa shape index (κ2) is 9.04. The first-order valence-electron chi connectivity index (χ1n) is 10.7. The number of fused-ring (bicyclic) bond motifs is 1. The van der Waals surface area contributed by atoms with Crippen LogP contribution in [0.2, 0.25) is 0 Å². The molecule has 6 heteroatoms. The topological polar surface area (TPSA) is 91.2 Å². The minimum atomic E-state index is -1.34. The summed E-state index contributed by atoms with van der Waals surface area (Å²) in [6.45, 7) is 3.16. The smallest absolute Gasteiger partial charge is 0.186 e. The van der Waals surface area contributed by atoms with E-state index in [9.17, 15) is 15.3 Å². The molecule has 162 valence electrons. The number of anilines is 1. The third-order valence-electron chi connectivity index (χ3n) is 6.24. The van der Waals surface area contributed by atoms with Gasteiger partial charge in [-0.15, -0.1) is 0 Å². The minimum absolute atomic E-state index is 0.766. The van der Waals surface area contributed by atoms with Gasteiger partial charge in [0.2, 0.25) is 0 Å². The molecule has 0 spiro atoms. The monoisotopic (exact) mass is 413 g/mol. The van der Waals surface area contributed by atoms with E-state index in [1.165, 1.54) is 35.1 Å². The van der Waals surface area contributed by atoms with Crippen LogP contribution in [0, 0.1) is 0 Å². The van der Waals surface area contributed by atoms with E-state index in [0.717, 1.165) is 37.8 Å². The second-order valence-electron chi connectivity index (χ2n) is 8.21. The summed E-state index contributed by atoms with van der Waals surface area (Å²) in [4.78, 5) is 0. The highest BCUT2D eigenvalue weighted by Gasteiger charge is 2.44. The molecule has 0 unspecified atom stereocenters. The summed E-state index contributed by atoms with van der Waals surface area (Å²) < 4.78 is 10.9. The van der Waals surface area contributed by atoms with Crippen LogP contribution in [0.3, 0.4) is 0 Å². The second-order valence-corrected chi connectivity index (χ2v) is 8.21. The van der Waals surface area contributed by atoms with E-state index in [2.05, 4.69) is 36.5 Å². The van der Waals surface area contributed by atoms with Crippen LogP contribution in [-0.4, -0.2) is 53.6 Å². The number of nitrogens with one attached hydrogen (secondary N) is 1. The predicted molar refractivity (Wildman–Crippen MR) is 115 cm³/mol. The fraction of sp³-hybridized carbons (Fsp3) is 0.500. The molecule has 4 N–H and O–H groups in total. The van der Waals surface area contributed by atoms with Crippen molar-refractivity contribution in [2.75, 3.05) is 19.0 Å². The molecule has 1 saturated heterocycles. The third kappa shape index (κ3) is 4.11. The van der Waals surface area contributed by atoms with E-state index >= 15 is 0 Å². The Morgan fingerprint density at radius 3 is 2.63 bits per heavy atom. The zero-order valence-corrected chi connectivity index (χ0v) is 17.5. The Balaban J connectivity index is 1.62. The molecule has 2 aromatic rings. The number of aryl methyl sites for hydroxylation is 2. The average Bonchev–Trinajstić information content (AvgIpc) is 2.77. The number of aliphatic hydroxyl groups is 3. The van der Waals surface area contributed by atoms with Crippen molar-refractivity contribution in [3.8, 4) is 0 Å². The molecular weight excluding hydrogens is 382 g/mol. The van der Waals surface area contributed by atoms with Crippen molar-refractivity contribution < 1.29 is 24.8 Å². The first kappa shape index (κ1) is 21.3. The largest absolute Gasteiger partial charge is 0.387 e. The number of methoxy groups -OCH3 is 1. The molecule has 30 heavy (non-hydrogen) atoms. The van der Waals surface area contributed by atoms with E-state index in [-0.39, 0.29) is 0 Å². The zero-order chi connectivity index (χ0) is 21.3.